The second kappa shape index (κ2) is 9.67. The number of halogens is 2. The fourth-order valence-corrected chi connectivity index (χ4v) is 3.26. The first kappa shape index (κ1) is 21.0. The molecule has 0 aliphatic heterocycles. The van der Waals surface area contributed by atoms with Crippen LogP contribution in [0.1, 0.15) is 12.5 Å². The van der Waals surface area contributed by atoms with Gasteiger partial charge in [-0.2, -0.15) is 0 Å². The van der Waals surface area contributed by atoms with Gasteiger partial charge >= 0.3 is 5.97 Å². The number of esters is 1. The van der Waals surface area contributed by atoms with Gasteiger partial charge in [0.25, 0.3) is 5.91 Å². The van der Waals surface area contributed by atoms with Crippen LogP contribution in [0.5, 0.6) is 5.75 Å². The minimum absolute atomic E-state index is 0.216. The monoisotopic (exact) mass is 434 g/mol. The quantitative estimate of drug-likeness (QED) is 0.521. The van der Waals surface area contributed by atoms with Crippen LogP contribution in [0.2, 0.25) is 10.0 Å². The molecule has 1 atom stereocenters. The maximum Gasteiger partial charge on any atom is 0.328 e. The van der Waals surface area contributed by atoms with E-state index >= 15 is 0 Å². The predicted octanol–water partition coefficient (Wildman–Crippen LogP) is 4.14. The van der Waals surface area contributed by atoms with Gasteiger partial charge in [-0.15, -0.1) is 0 Å². The number of benzene rings is 2. The van der Waals surface area contributed by atoms with E-state index in [4.69, 9.17) is 32.7 Å². The summed E-state index contributed by atoms with van der Waals surface area (Å²) in [5.74, 6) is -0.690. The fraction of sp³-hybridized carbons (Fsp3) is 0.238. The molecule has 2 aromatic carbocycles. The smallest absolute Gasteiger partial charge is 0.328 e. The normalized spacial score (nSPS) is 11.8. The number of carbonyl (C=O) groups excluding carboxylic acids is 2. The summed E-state index contributed by atoms with van der Waals surface area (Å²) in [6, 6.07) is 11.6. The van der Waals surface area contributed by atoms with Crippen molar-refractivity contribution in [3.8, 4) is 5.75 Å². The Kier molecular flexibility index (Phi) is 7.01. The highest BCUT2D eigenvalue weighted by Gasteiger charge is 2.24. The first-order valence-electron chi connectivity index (χ1n) is 9.06. The highest BCUT2D eigenvalue weighted by atomic mass is 35.5. The summed E-state index contributed by atoms with van der Waals surface area (Å²) in [5, 5.41) is 4.44. The number of aromatic nitrogens is 1. The van der Waals surface area contributed by atoms with Crippen molar-refractivity contribution in [2.24, 2.45) is 0 Å². The predicted molar refractivity (Wildman–Crippen MR) is 113 cm³/mol. The van der Waals surface area contributed by atoms with Crippen LogP contribution in [0.15, 0.2) is 48.7 Å². The van der Waals surface area contributed by atoms with Gasteiger partial charge in [0.2, 0.25) is 0 Å². The number of fused-ring (bicyclic) bond motifs is 1. The number of hydrogen-bond acceptors (Lipinski definition) is 4. The van der Waals surface area contributed by atoms with Gasteiger partial charge < -0.3 is 19.8 Å². The van der Waals surface area contributed by atoms with Gasteiger partial charge in [0, 0.05) is 34.6 Å². The maximum absolute atomic E-state index is 12.4. The molecule has 0 aliphatic rings. The number of amides is 1. The van der Waals surface area contributed by atoms with Crippen molar-refractivity contribution in [3.05, 3.63) is 64.3 Å². The topological polar surface area (TPSA) is 80.4 Å². The van der Waals surface area contributed by atoms with Crippen LogP contribution in [0, 0.1) is 0 Å². The summed E-state index contributed by atoms with van der Waals surface area (Å²) in [6.45, 7) is 1.62. The number of ether oxygens (including phenoxy) is 2. The molecule has 0 saturated carbocycles. The maximum atomic E-state index is 12.4. The Morgan fingerprint density at radius 2 is 1.97 bits per heavy atom. The minimum Gasteiger partial charge on any atom is -0.482 e. The van der Waals surface area contributed by atoms with E-state index in [1.54, 1.807) is 19.1 Å². The van der Waals surface area contributed by atoms with Gasteiger partial charge in [0.1, 0.15) is 11.8 Å². The molecule has 1 heterocycles. The van der Waals surface area contributed by atoms with Crippen molar-refractivity contribution in [3.63, 3.8) is 0 Å². The van der Waals surface area contributed by atoms with E-state index in [0.29, 0.717) is 15.8 Å². The highest BCUT2D eigenvalue weighted by Crippen LogP contribution is 2.27. The standard InChI is InChI=1S/C21H20Cl2N2O4/c1-2-28-21(27)18(9-13-11-24-17-6-4-3-5-15(13)17)25-20(26)12-29-19-10-14(22)7-8-16(19)23/h3-8,10-11,18,24H,2,9,12H2,1H3,(H,25,26). The minimum atomic E-state index is -0.847. The number of hydrogen-bond donors (Lipinski definition) is 2. The second-order valence-electron chi connectivity index (χ2n) is 6.30. The fourth-order valence-electron chi connectivity index (χ4n) is 2.92. The molecule has 0 radical (unpaired) electrons. The summed E-state index contributed by atoms with van der Waals surface area (Å²) in [4.78, 5) is 27.9. The second-order valence-corrected chi connectivity index (χ2v) is 7.14. The van der Waals surface area contributed by atoms with E-state index in [2.05, 4.69) is 10.3 Å². The zero-order valence-electron chi connectivity index (χ0n) is 15.7. The number of para-hydroxylation sites is 1. The van der Waals surface area contributed by atoms with Gasteiger partial charge in [0.15, 0.2) is 6.61 Å². The van der Waals surface area contributed by atoms with Crippen molar-refractivity contribution in [2.45, 2.75) is 19.4 Å². The first-order chi connectivity index (χ1) is 14.0. The van der Waals surface area contributed by atoms with Crippen LogP contribution in [0.3, 0.4) is 0 Å². The molecular formula is C21H20Cl2N2O4. The molecule has 0 bridgehead atoms. The summed E-state index contributed by atoms with van der Waals surface area (Å²) in [7, 11) is 0. The molecule has 8 heteroatoms. The Labute approximate surface area is 178 Å². The lowest BCUT2D eigenvalue weighted by atomic mass is 10.0. The summed E-state index contributed by atoms with van der Waals surface area (Å²) >= 11 is 12.0. The van der Waals surface area contributed by atoms with E-state index < -0.39 is 17.9 Å². The molecule has 3 rings (SSSR count). The number of H-pyrrole nitrogens is 1. The Hall–Kier alpha value is -2.70. The van der Waals surface area contributed by atoms with Gasteiger partial charge in [0.05, 0.1) is 11.6 Å². The van der Waals surface area contributed by atoms with Crippen LogP contribution in [0.4, 0.5) is 0 Å². The summed E-state index contributed by atoms with van der Waals surface area (Å²) < 4.78 is 10.6. The zero-order chi connectivity index (χ0) is 20.8. The number of rotatable bonds is 8. The number of nitrogens with one attached hydrogen (secondary N) is 2. The molecule has 0 saturated heterocycles. The van der Waals surface area contributed by atoms with Crippen molar-refractivity contribution in [1.29, 1.82) is 0 Å². The highest BCUT2D eigenvalue weighted by molar-refractivity contribution is 6.34. The zero-order valence-corrected chi connectivity index (χ0v) is 17.2. The molecule has 0 spiro atoms. The van der Waals surface area contributed by atoms with Crippen LogP contribution in [-0.4, -0.2) is 36.1 Å². The van der Waals surface area contributed by atoms with E-state index in [9.17, 15) is 9.59 Å². The van der Waals surface area contributed by atoms with Crippen molar-refractivity contribution in [1.82, 2.24) is 10.3 Å². The van der Waals surface area contributed by atoms with Crippen molar-refractivity contribution < 1.29 is 19.1 Å². The Balaban J connectivity index is 1.69. The molecule has 2 N–H and O–H groups in total. The summed E-state index contributed by atoms with van der Waals surface area (Å²) in [5.41, 5.74) is 1.85. The SMILES string of the molecule is CCOC(=O)C(Cc1c[nH]c2ccccc12)NC(=O)COc1cc(Cl)ccc1Cl. The number of carbonyl (C=O) groups is 2. The van der Waals surface area contributed by atoms with E-state index in [1.165, 1.54) is 6.07 Å². The molecule has 0 fully saturated rings. The molecule has 0 aliphatic carbocycles. The lowest BCUT2D eigenvalue weighted by molar-refractivity contribution is -0.147. The largest absolute Gasteiger partial charge is 0.482 e. The first-order valence-corrected chi connectivity index (χ1v) is 9.82. The molecule has 6 nitrogen and oxygen atoms in total. The third kappa shape index (κ3) is 5.43. The van der Waals surface area contributed by atoms with Crippen LogP contribution >= 0.6 is 23.2 Å². The molecule has 3 aromatic rings. The Morgan fingerprint density at radius 1 is 1.17 bits per heavy atom. The molecule has 152 valence electrons. The molecular weight excluding hydrogens is 415 g/mol. The van der Waals surface area contributed by atoms with Gasteiger partial charge in [-0.1, -0.05) is 41.4 Å². The van der Waals surface area contributed by atoms with Gasteiger partial charge in [-0.05, 0) is 30.7 Å². The van der Waals surface area contributed by atoms with Crippen molar-refractivity contribution >= 4 is 46.0 Å². The lowest BCUT2D eigenvalue weighted by Crippen LogP contribution is -2.45. The molecule has 1 amide bonds. The Bertz CT molecular complexity index is 1020. The lowest BCUT2D eigenvalue weighted by Gasteiger charge is -2.17. The van der Waals surface area contributed by atoms with Crippen LogP contribution < -0.4 is 10.1 Å². The van der Waals surface area contributed by atoms with E-state index in [0.717, 1.165) is 16.5 Å². The van der Waals surface area contributed by atoms with Crippen LogP contribution in [0.25, 0.3) is 10.9 Å². The van der Waals surface area contributed by atoms with Gasteiger partial charge in [-0.3, -0.25) is 4.79 Å². The van der Waals surface area contributed by atoms with E-state index in [1.807, 2.05) is 30.5 Å². The van der Waals surface area contributed by atoms with Crippen molar-refractivity contribution in [2.75, 3.05) is 13.2 Å². The molecule has 1 unspecified atom stereocenters. The average molecular weight is 435 g/mol. The summed E-state index contributed by atoms with van der Waals surface area (Å²) in [6.07, 6.45) is 2.11. The van der Waals surface area contributed by atoms with E-state index in [-0.39, 0.29) is 19.6 Å². The molecule has 29 heavy (non-hydrogen) atoms. The van der Waals surface area contributed by atoms with Crippen LogP contribution in [-0.2, 0) is 20.7 Å². The Morgan fingerprint density at radius 3 is 2.76 bits per heavy atom. The third-order valence-electron chi connectivity index (χ3n) is 4.26. The number of aromatic amines is 1. The third-order valence-corrected chi connectivity index (χ3v) is 4.80. The average Bonchev–Trinajstić information content (AvgIpc) is 3.11. The molecule has 1 aromatic heterocycles. The van der Waals surface area contributed by atoms with Gasteiger partial charge in [-0.25, -0.2) is 4.79 Å².